The van der Waals surface area contributed by atoms with Crippen molar-refractivity contribution in [1.29, 1.82) is 0 Å². The van der Waals surface area contributed by atoms with Crippen molar-refractivity contribution >= 4 is 17.7 Å². The normalized spacial score (nSPS) is 25.8. The van der Waals surface area contributed by atoms with Crippen molar-refractivity contribution in [3.8, 4) is 0 Å². The van der Waals surface area contributed by atoms with Gasteiger partial charge in [0.15, 0.2) is 5.96 Å². The summed E-state index contributed by atoms with van der Waals surface area (Å²) in [5, 5.41) is 4.26. The Morgan fingerprint density at radius 1 is 1.21 bits per heavy atom. The summed E-state index contributed by atoms with van der Waals surface area (Å²) < 4.78 is 0. The number of hydrogen-bond donors (Lipinski definition) is 1. The van der Waals surface area contributed by atoms with Crippen LogP contribution >= 0.6 is 11.8 Å². The average molecular weight is 356 g/mol. The van der Waals surface area contributed by atoms with Gasteiger partial charge in [-0.2, -0.15) is 11.8 Å². The molecule has 2 atom stereocenters. The third kappa shape index (κ3) is 6.45. The molecule has 1 N–H and O–H groups in total. The van der Waals surface area contributed by atoms with Crippen LogP contribution in [-0.2, 0) is 0 Å². The van der Waals surface area contributed by atoms with E-state index in [2.05, 4.69) is 59.6 Å². The van der Waals surface area contributed by atoms with Gasteiger partial charge in [-0.05, 0) is 26.3 Å². The molecule has 0 bridgehead atoms. The van der Waals surface area contributed by atoms with E-state index >= 15 is 0 Å². The summed E-state index contributed by atoms with van der Waals surface area (Å²) in [4.78, 5) is 12.5. The minimum Gasteiger partial charge on any atom is -0.357 e. The molecule has 2 rings (SSSR count). The number of hydrogen-bond acceptors (Lipinski definition) is 4. The fourth-order valence-corrected chi connectivity index (χ4v) is 4.54. The predicted octanol–water partition coefficient (Wildman–Crippen LogP) is 1.66. The van der Waals surface area contributed by atoms with Crippen LogP contribution in [0, 0.1) is 5.92 Å². The molecule has 2 heterocycles. The monoisotopic (exact) mass is 355 g/mol. The van der Waals surface area contributed by atoms with Gasteiger partial charge in [0.2, 0.25) is 0 Å². The molecule has 140 valence electrons. The van der Waals surface area contributed by atoms with E-state index in [1.807, 2.05) is 0 Å². The lowest BCUT2D eigenvalue weighted by molar-refractivity contribution is 0.140. The highest BCUT2D eigenvalue weighted by molar-refractivity contribution is 8.00. The first-order chi connectivity index (χ1) is 11.6. The molecule has 2 aliphatic heterocycles. The number of nitrogens with zero attached hydrogens (tertiary/aromatic N) is 4. The zero-order valence-electron chi connectivity index (χ0n) is 16.1. The molecule has 0 aromatic carbocycles. The molecule has 0 amide bonds. The molecule has 0 radical (unpaired) electrons. The van der Waals surface area contributed by atoms with E-state index in [0.29, 0.717) is 5.92 Å². The summed E-state index contributed by atoms with van der Waals surface area (Å²) in [5.74, 6) is 2.96. The Bertz CT molecular complexity index is 382. The SMILES string of the molecule is CCNC(=NCC(C)CN1CCN(C)CC1)N1CCSC(CC)C1. The summed E-state index contributed by atoms with van der Waals surface area (Å²) >= 11 is 2.12. The van der Waals surface area contributed by atoms with Gasteiger partial charge in [0.25, 0.3) is 0 Å². The zero-order chi connectivity index (χ0) is 17.4. The highest BCUT2D eigenvalue weighted by Gasteiger charge is 2.22. The molecule has 2 unspecified atom stereocenters. The van der Waals surface area contributed by atoms with Crippen molar-refractivity contribution in [2.75, 3.05) is 71.7 Å². The number of piperazine rings is 1. The summed E-state index contributed by atoms with van der Waals surface area (Å²) in [7, 11) is 2.22. The Morgan fingerprint density at radius 3 is 2.62 bits per heavy atom. The predicted molar refractivity (Wildman–Crippen MR) is 107 cm³/mol. The second kappa shape index (κ2) is 10.5. The van der Waals surface area contributed by atoms with Gasteiger partial charge in [-0.15, -0.1) is 0 Å². The Labute approximate surface area is 153 Å². The van der Waals surface area contributed by atoms with Crippen LogP contribution in [0.15, 0.2) is 4.99 Å². The summed E-state index contributed by atoms with van der Waals surface area (Å²) in [6.07, 6.45) is 1.25. The van der Waals surface area contributed by atoms with Gasteiger partial charge in [0.05, 0.1) is 0 Å². The van der Waals surface area contributed by atoms with Crippen LogP contribution in [0.5, 0.6) is 0 Å². The van der Waals surface area contributed by atoms with E-state index in [4.69, 9.17) is 4.99 Å². The zero-order valence-corrected chi connectivity index (χ0v) is 16.9. The van der Waals surface area contributed by atoms with E-state index in [1.54, 1.807) is 0 Å². The quantitative estimate of drug-likeness (QED) is 0.579. The van der Waals surface area contributed by atoms with E-state index < -0.39 is 0 Å². The molecule has 6 heteroatoms. The largest absolute Gasteiger partial charge is 0.357 e. The number of nitrogens with one attached hydrogen (secondary N) is 1. The molecule has 24 heavy (non-hydrogen) atoms. The van der Waals surface area contributed by atoms with Gasteiger partial charge in [0.1, 0.15) is 0 Å². The topological polar surface area (TPSA) is 34.1 Å². The minimum absolute atomic E-state index is 0.614. The molecule has 0 saturated carbocycles. The van der Waals surface area contributed by atoms with Crippen molar-refractivity contribution in [2.45, 2.75) is 32.4 Å². The van der Waals surface area contributed by atoms with Crippen LogP contribution in [-0.4, -0.2) is 97.6 Å². The summed E-state index contributed by atoms with van der Waals surface area (Å²) in [5.41, 5.74) is 0. The molecule has 0 aliphatic carbocycles. The van der Waals surface area contributed by atoms with E-state index in [1.165, 1.54) is 44.9 Å². The highest BCUT2D eigenvalue weighted by Crippen LogP contribution is 2.21. The van der Waals surface area contributed by atoms with Crippen molar-refractivity contribution in [3.63, 3.8) is 0 Å². The first kappa shape index (κ1) is 19.9. The molecular formula is C18H37N5S. The number of aliphatic imine (C=N–C) groups is 1. The Balaban J connectivity index is 1.83. The summed E-state index contributed by atoms with van der Waals surface area (Å²) in [6.45, 7) is 16.9. The molecule has 5 nitrogen and oxygen atoms in total. The average Bonchev–Trinajstić information content (AvgIpc) is 2.60. The van der Waals surface area contributed by atoms with Crippen molar-refractivity contribution in [2.24, 2.45) is 10.9 Å². The van der Waals surface area contributed by atoms with E-state index in [9.17, 15) is 0 Å². The number of thioether (sulfide) groups is 1. The third-order valence-electron chi connectivity index (χ3n) is 4.95. The molecule has 0 aromatic rings. The van der Waals surface area contributed by atoms with Crippen LogP contribution in [0.1, 0.15) is 27.2 Å². The molecule has 2 aliphatic rings. The van der Waals surface area contributed by atoms with E-state index in [-0.39, 0.29) is 0 Å². The van der Waals surface area contributed by atoms with E-state index in [0.717, 1.165) is 37.4 Å². The lowest BCUT2D eigenvalue weighted by atomic mass is 10.1. The molecule has 2 saturated heterocycles. The second-order valence-corrected chi connectivity index (χ2v) is 8.66. The maximum atomic E-state index is 4.97. The fraction of sp³-hybridized carbons (Fsp3) is 0.944. The molecular weight excluding hydrogens is 318 g/mol. The Morgan fingerprint density at radius 2 is 1.96 bits per heavy atom. The lowest BCUT2D eigenvalue weighted by Gasteiger charge is -2.35. The van der Waals surface area contributed by atoms with Crippen LogP contribution in [0.25, 0.3) is 0 Å². The number of guanidine groups is 1. The maximum absolute atomic E-state index is 4.97. The van der Waals surface area contributed by atoms with Crippen molar-refractivity contribution < 1.29 is 0 Å². The van der Waals surface area contributed by atoms with Crippen LogP contribution in [0.4, 0.5) is 0 Å². The lowest BCUT2D eigenvalue weighted by Crippen LogP contribution is -2.48. The number of likely N-dealkylation sites (N-methyl/N-ethyl adjacent to an activating group) is 1. The van der Waals surface area contributed by atoms with Crippen LogP contribution in [0.2, 0.25) is 0 Å². The number of rotatable bonds is 6. The fourth-order valence-electron chi connectivity index (χ4n) is 3.36. The van der Waals surface area contributed by atoms with Crippen LogP contribution in [0.3, 0.4) is 0 Å². The first-order valence-electron chi connectivity index (χ1n) is 9.68. The van der Waals surface area contributed by atoms with Gasteiger partial charge in [0, 0.05) is 69.9 Å². The smallest absolute Gasteiger partial charge is 0.193 e. The highest BCUT2D eigenvalue weighted by atomic mass is 32.2. The maximum Gasteiger partial charge on any atom is 0.193 e. The minimum atomic E-state index is 0.614. The van der Waals surface area contributed by atoms with Crippen molar-refractivity contribution in [3.05, 3.63) is 0 Å². The van der Waals surface area contributed by atoms with Crippen LogP contribution < -0.4 is 5.32 Å². The molecule has 0 aromatic heterocycles. The molecule has 0 spiro atoms. The summed E-state index contributed by atoms with van der Waals surface area (Å²) in [6, 6.07) is 0. The molecule has 2 fully saturated rings. The van der Waals surface area contributed by atoms with Gasteiger partial charge in [-0.25, -0.2) is 0 Å². The third-order valence-corrected chi connectivity index (χ3v) is 6.32. The van der Waals surface area contributed by atoms with Gasteiger partial charge >= 0.3 is 0 Å². The standard InChI is InChI=1S/C18H37N5S/c1-5-17-15-23(11-12-24-17)18(19-6-2)20-13-16(3)14-22-9-7-21(4)8-10-22/h16-17H,5-15H2,1-4H3,(H,19,20). The first-order valence-corrected chi connectivity index (χ1v) is 10.7. The Hall–Kier alpha value is -0.460. The second-order valence-electron chi connectivity index (χ2n) is 7.25. The van der Waals surface area contributed by atoms with Gasteiger partial charge in [-0.3, -0.25) is 4.99 Å². The Kier molecular flexibility index (Phi) is 8.70. The van der Waals surface area contributed by atoms with Crippen molar-refractivity contribution in [1.82, 2.24) is 20.0 Å². The van der Waals surface area contributed by atoms with Gasteiger partial charge in [-0.1, -0.05) is 13.8 Å². The van der Waals surface area contributed by atoms with Gasteiger partial charge < -0.3 is 20.0 Å².